The van der Waals surface area contributed by atoms with Crippen molar-refractivity contribution in [2.24, 2.45) is 0 Å². The van der Waals surface area contributed by atoms with Crippen molar-refractivity contribution >= 4 is 54.3 Å². The Hall–Kier alpha value is -5.09. The third kappa shape index (κ3) is 6.14. The number of phenols is 1. The molecule has 54 heavy (non-hydrogen) atoms. The number of para-hydroxylation sites is 1. The van der Waals surface area contributed by atoms with Crippen LogP contribution in [-0.2, 0) is 31.9 Å². The quantitative estimate of drug-likeness (QED) is 0.179. The van der Waals surface area contributed by atoms with Crippen LogP contribution in [0, 0.1) is 6.07 Å². The van der Waals surface area contributed by atoms with Gasteiger partial charge in [-0.2, -0.15) is 0 Å². The number of rotatable bonds is 4. The number of benzene rings is 6. The largest absolute Gasteiger partial charge is 0.507 e. The molecular formula is C48H39N2O2PtS-. The average Bonchev–Trinajstić information content (AvgIpc) is 3.76. The maximum absolute atomic E-state index is 11.8. The van der Waals surface area contributed by atoms with E-state index in [4.69, 9.17) is 14.4 Å². The maximum atomic E-state index is 11.8. The maximum Gasteiger partial charge on any atom is 0.129 e. The van der Waals surface area contributed by atoms with E-state index in [1.807, 2.05) is 18.3 Å². The predicted octanol–water partition coefficient (Wildman–Crippen LogP) is 13.5. The Morgan fingerprint density at radius 1 is 0.704 bits per heavy atom. The van der Waals surface area contributed by atoms with Crippen molar-refractivity contribution in [2.45, 2.75) is 52.4 Å². The minimum absolute atomic E-state index is 0. The van der Waals surface area contributed by atoms with Gasteiger partial charge in [-0.05, 0) is 67.9 Å². The number of nitrogens with zero attached hydrogens (tertiary/aromatic N) is 2. The fourth-order valence-corrected chi connectivity index (χ4v) is 8.38. The Morgan fingerprint density at radius 3 is 2.26 bits per heavy atom. The molecule has 0 aliphatic carbocycles. The van der Waals surface area contributed by atoms with Crippen LogP contribution in [0.1, 0.15) is 52.7 Å². The predicted molar refractivity (Wildman–Crippen MR) is 222 cm³/mol. The van der Waals surface area contributed by atoms with Crippen LogP contribution < -0.4 is 0 Å². The Labute approximate surface area is 333 Å². The molecule has 0 aliphatic rings. The van der Waals surface area contributed by atoms with Crippen molar-refractivity contribution in [3.8, 4) is 49.8 Å². The third-order valence-corrected chi connectivity index (χ3v) is 11.3. The molecular weight excluding hydrogens is 864 g/mol. The van der Waals surface area contributed by atoms with Gasteiger partial charge in [-0.25, -0.2) is 4.98 Å². The van der Waals surface area contributed by atoms with Crippen LogP contribution in [-0.4, -0.2) is 15.1 Å². The zero-order valence-corrected chi connectivity index (χ0v) is 34.1. The number of hydrogen-bond acceptors (Lipinski definition) is 5. The molecule has 0 unspecified atom stereocenters. The Balaban J connectivity index is 0.00000413. The molecule has 0 aliphatic heterocycles. The van der Waals surface area contributed by atoms with E-state index in [0.29, 0.717) is 5.75 Å². The molecule has 0 amide bonds. The molecule has 4 nitrogen and oxygen atoms in total. The van der Waals surface area contributed by atoms with E-state index in [1.165, 1.54) is 5.56 Å². The normalized spacial score (nSPS) is 12.2. The average molecular weight is 903 g/mol. The van der Waals surface area contributed by atoms with Crippen molar-refractivity contribution in [3.63, 3.8) is 0 Å². The molecule has 0 fully saturated rings. The van der Waals surface area contributed by atoms with E-state index in [9.17, 15) is 5.11 Å². The smallest absolute Gasteiger partial charge is 0.129 e. The van der Waals surface area contributed by atoms with E-state index < -0.39 is 0 Å². The second-order valence-corrected chi connectivity index (χ2v) is 17.0. The van der Waals surface area contributed by atoms with Crippen LogP contribution in [0.5, 0.6) is 5.75 Å². The van der Waals surface area contributed by atoms with Crippen molar-refractivity contribution in [1.29, 1.82) is 0 Å². The van der Waals surface area contributed by atoms with Gasteiger partial charge in [0.05, 0.1) is 16.7 Å². The van der Waals surface area contributed by atoms with Crippen LogP contribution in [0.3, 0.4) is 0 Å². The van der Waals surface area contributed by atoms with Gasteiger partial charge < -0.3 is 9.52 Å². The summed E-state index contributed by atoms with van der Waals surface area (Å²) in [6.45, 7) is 13.1. The van der Waals surface area contributed by atoms with Crippen LogP contribution >= 0.6 is 11.3 Å². The fourth-order valence-electron chi connectivity index (χ4n) is 7.37. The zero-order valence-electron chi connectivity index (χ0n) is 31.0. The standard InChI is InChI=1S/C48H39N2O2S.Pt/c1-47(2,3)32-26-37(44(51)38(27-32)48(4,5)6)46-50-43-34(17-12-18-41(43)53-46)31-23-35(39-25-30(21-22-49-39)28-13-8-7-9-14-28)45-36(24-31)42-33-16-11-10-15-29(33)19-20-40(42)52-45;/h7-22,24-27,51H,1-6H3;/q-1;. The fraction of sp³-hybridized carbons (Fsp3) is 0.167. The van der Waals surface area contributed by atoms with Crippen molar-refractivity contribution < 1.29 is 30.6 Å². The summed E-state index contributed by atoms with van der Waals surface area (Å²) in [5.41, 5.74) is 10.6. The molecule has 6 heteroatoms. The Kier molecular flexibility index (Phi) is 8.87. The molecule has 0 saturated carbocycles. The van der Waals surface area contributed by atoms with Gasteiger partial charge in [-0.3, -0.25) is 4.98 Å². The monoisotopic (exact) mass is 902 g/mol. The minimum Gasteiger partial charge on any atom is -0.507 e. The molecule has 6 aromatic carbocycles. The summed E-state index contributed by atoms with van der Waals surface area (Å²) in [5, 5.41) is 16.9. The van der Waals surface area contributed by atoms with Gasteiger partial charge in [0.2, 0.25) is 0 Å². The van der Waals surface area contributed by atoms with Crippen LogP contribution in [0.2, 0.25) is 0 Å². The number of furan rings is 1. The SMILES string of the molecule is CC(C)(C)c1cc(-c2nc3c(-c4[c-]c(-c5cc(-c6ccccc6)ccn5)c5oc6ccc7ccccc7c6c5c4)cccc3s2)c(O)c(C(C)(C)C)c1.[Pt]. The summed E-state index contributed by atoms with van der Waals surface area (Å²) in [5.74, 6) is 0.294. The van der Waals surface area contributed by atoms with E-state index in [2.05, 4.69) is 151 Å². The number of thiazole rings is 1. The van der Waals surface area contributed by atoms with Gasteiger partial charge in [0.15, 0.2) is 0 Å². The zero-order chi connectivity index (χ0) is 36.6. The molecule has 9 rings (SSSR count). The summed E-state index contributed by atoms with van der Waals surface area (Å²) in [6, 6.07) is 43.7. The molecule has 1 N–H and O–H groups in total. The van der Waals surface area contributed by atoms with E-state index in [0.717, 1.165) is 92.6 Å². The molecule has 9 aromatic rings. The molecule has 3 aromatic heterocycles. The van der Waals surface area contributed by atoms with Gasteiger partial charge in [0, 0.05) is 48.6 Å². The number of pyridine rings is 1. The molecule has 3 heterocycles. The summed E-state index contributed by atoms with van der Waals surface area (Å²) in [6.07, 6.45) is 1.86. The first kappa shape index (κ1) is 35.9. The molecule has 0 saturated heterocycles. The summed E-state index contributed by atoms with van der Waals surface area (Å²) in [4.78, 5) is 10.2. The summed E-state index contributed by atoms with van der Waals surface area (Å²) in [7, 11) is 0. The van der Waals surface area contributed by atoms with Gasteiger partial charge in [0.1, 0.15) is 16.3 Å². The van der Waals surface area contributed by atoms with Crippen molar-refractivity contribution in [2.75, 3.05) is 0 Å². The van der Waals surface area contributed by atoms with E-state index >= 15 is 0 Å². The molecule has 0 radical (unpaired) electrons. The molecule has 0 spiro atoms. The Morgan fingerprint density at radius 2 is 1.48 bits per heavy atom. The molecule has 0 atom stereocenters. The number of fused-ring (bicyclic) bond motifs is 6. The summed E-state index contributed by atoms with van der Waals surface area (Å²) >= 11 is 1.61. The van der Waals surface area contributed by atoms with Crippen LogP contribution in [0.25, 0.3) is 87.0 Å². The molecule has 270 valence electrons. The van der Waals surface area contributed by atoms with Crippen molar-refractivity contribution in [1.82, 2.24) is 9.97 Å². The van der Waals surface area contributed by atoms with Crippen molar-refractivity contribution in [3.05, 3.63) is 139 Å². The second kappa shape index (κ2) is 13.3. The van der Waals surface area contributed by atoms with Gasteiger partial charge in [-0.1, -0.05) is 138 Å². The number of phenolic OH excluding ortho intramolecular Hbond substituents is 1. The van der Waals surface area contributed by atoms with E-state index in [1.54, 1.807) is 11.3 Å². The van der Waals surface area contributed by atoms with E-state index in [-0.39, 0.29) is 31.9 Å². The minimum atomic E-state index is -0.244. The Bertz CT molecular complexity index is 2870. The molecule has 0 bridgehead atoms. The van der Waals surface area contributed by atoms with Crippen LogP contribution in [0.15, 0.2) is 126 Å². The summed E-state index contributed by atoms with van der Waals surface area (Å²) < 4.78 is 7.75. The first-order valence-electron chi connectivity index (χ1n) is 18.0. The number of aromatic hydroxyl groups is 1. The second-order valence-electron chi connectivity index (χ2n) is 15.9. The van der Waals surface area contributed by atoms with Crippen LogP contribution in [0.4, 0.5) is 0 Å². The third-order valence-electron chi connectivity index (χ3n) is 10.2. The first-order chi connectivity index (χ1) is 25.4. The van der Waals surface area contributed by atoms with Gasteiger partial charge in [-0.15, -0.1) is 29.0 Å². The number of aromatic nitrogens is 2. The van der Waals surface area contributed by atoms with Gasteiger partial charge >= 0.3 is 0 Å². The first-order valence-corrected chi connectivity index (χ1v) is 18.9. The van der Waals surface area contributed by atoms with Gasteiger partial charge in [0.25, 0.3) is 0 Å². The number of hydrogen-bond donors (Lipinski definition) is 1. The topological polar surface area (TPSA) is 59.2 Å².